The molecule has 0 amide bonds. The number of nitrogens with two attached hydrogens (primary N) is 1. The van der Waals surface area contributed by atoms with Gasteiger partial charge in [0.05, 0.1) is 13.2 Å². The summed E-state index contributed by atoms with van der Waals surface area (Å²) in [5.41, 5.74) is 5.30. The van der Waals surface area contributed by atoms with Gasteiger partial charge in [0.15, 0.2) is 0 Å². The zero-order valence-electron chi connectivity index (χ0n) is 7.10. The summed E-state index contributed by atoms with van der Waals surface area (Å²) in [4.78, 5) is 1.52. The van der Waals surface area contributed by atoms with E-state index in [1.54, 1.807) is 7.11 Å². The van der Waals surface area contributed by atoms with E-state index >= 15 is 0 Å². The fraction of sp³-hybridized carbons (Fsp3) is 0.833. The number of nitrogens with zero attached hydrogens (tertiary/aromatic N) is 2. The van der Waals surface area contributed by atoms with Crippen LogP contribution in [0.15, 0.2) is 5.16 Å². The molecule has 0 rings (SSSR count). The first kappa shape index (κ1) is 11.0. The van der Waals surface area contributed by atoms with E-state index in [9.17, 15) is 0 Å². The predicted octanol–water partition coefficient (Wildman–Crippen LogP) is -1.37. The maximum absolute atomic E-state index is 8.61. The Hall–Kier alpha value is -1.01. The van der Waals surface area contributed by atoms with E-state index < -0.39 is 0 Å². The smallest absolute Gasteiger partial charge is 0.233 e. The first-order valence-corrected chi connectivity index (χ1v) is 3.58. The lowest BCUT2D eigenvalue weighted by Gasteiger charge is -2.20. The number of ether oxygens (including phenoxy) is 1. The number of rotatable bonds is 5. The molecule has 12 heavy (non-hydrogen) atoms. The predicted molar refractivity (Wildman–Crippen MR) is 43.9 cm³/mol. The number of guanidine groups is 1. The van der Waals surface area contributed by atoms with E-state index in [1.165, 1.54) is 4.90 Å². The highest BCUT2D eigenvalue weighted by Crippen LogP contribution is 1.86. The van der Waals surface area contributed by atoms with Crippen molar-refractivity contribution in [1.29, 1.82) is 0 Å². The van der Waals surface area contributed by atoms with Crippen molar-refractivity contribution in [3.8, 4) is 0 Å². The van der Waals surface area contributed by atoms with Crippen molar-refractivity contribution in [2.24, 2.45) is 10.9 Å². The average Bonchev–Trinajstić information content (AvgIpc) is 2.11. The highest BCUT2D eigenvalue weighted by atomic mass is 16.5. The van der Waals surface area contributed by atoms with Crippen LogP contribution in [0.3, 0.4) is 0 Å². The number of hydrogen-bond donors (Lipinski definition) is 3. The fourth-order valence-corrected chi connectivity index (χ4v) is 0.726. The van der Waals surface area contributed by atoms with Crippen molar-refractivity contribution in [3.05, 3.63) is 0 Å². The van der Waals surface area contributed by atoms with Gasteiger partial charge in [0.2, 0.25) is 5.96 Å². The molecule has 72 valence electrons. The maximum Gasteiger partial charge on any atom is 0.233 e. The third-order valence-corrected chi connectivity index (χ3v) is 1.36. The molecule has 0 aliphatic rings. The van der Waals surface area contributed by atoms with Crippen LogP contribution in [0.5, 0.6) is 0 Å². The molecule has 0 radical (unpaired) electrons. The highest BCUT2D eigenvalue weighted by molar-refractivity contribution is 5.77. The van der Waals surface area contributed by atoms with Crippen molar-refractivity contribution >= 4 is 5.96 Å². The van der Waals surface area contributed by atoms with Crippen LogP contribution >= 0.6 is 0 Å². The molecule has 0 spiro atoms. The Morgan fingerprint density at radius 3 is 2.67 bits per heavy atom. The summed E-state index contributed by atoms with van der Waals surface area (Å²) in [5.74, 6) is -0.0129. The summed E-state index contributed by atoms with van der Waals surface area (Å²) in [5, 5.41) is 19.7. The topological polar surface area (TPSA) is 91.3 Å². The van der Waals surface area contributed by atoms with Crippen LogP contribution in [0.25, 0.3) is 0 Å². The van der Waals surface area contributed by atoms with Gasteiger partial charge in [0, 0.05) is 20.2 Å². The number of methoxy groups -OCH3 is 1. The molecule has 6 nitrogen and oxygen atoms in total. The summed E-state index contributed by atoms with van der Waals surface area (Å²) in [6.45, 7) is 1.25. The minimum atomic E-state index is -0.0417. The van der Waals surface area contributed by atoms with Gasteiger partial charge in [-0.3, -0.25) is 0 Å². The second-order valence-electron chi connectivity index (χ2n) is 2.16. The second kappa shape index (κ2) is 6.68. The molecule has 0 aliphatic carbocycles. The van der Waals surface area contributed by atoms with Crippen LogP contribution in [-0.2, 0) is 4.74 Å². The Labute approximate surface area is 71.2 Å². The van der Waals surface area contributed by atoms with Gasteiger partial charge < -0.3 is 25.7 Å². The molecule has 0 aliphatic heterocycles. The quantitative estimate of drug-likeness (QED) is 0.208. The average molecular weight is 177 g/mol. The first-order valence-electron chi connectivity index (χ1n) is 3.58. The van der Waals surface area contributed by atoms with E-state index in [4.69, 9.17) is 20.8 Å². The van der Waals surface area contributed by atoms with Gasteiger partial charge in [0.1, 0.15) is 0 Å². The van der Waals surface area contributed by atoms with Gasteiger partial charge in [0.25, 0.3) is 0 Å². The van der Waals surface area contributed by atoms with Crippen LogP contribution in [0.1, 0.15) is 0 Å². The normalized spacial score (nSPS) is 11.7. The Balaban J connectivity index is 3.85. The lowest BCUT2D eigenvalue weighted by Crippen LogP contribution is -2.41. The maximum atomic E-state index is 8.61. The molecule has 0 unspecified atom stereocenters. The van der Waals surface area contributed by atoms with E-state index in [0.29, 0.717) is 19.7 Å². The standard InChI is InChI=1S/C6H15N3O3/c1-12-5-3-9(2-4-10)6(7)8-11/h10-11H,2-5H2,1H3,(H2,7,8). The Morgan fingerprint density at radius 2 is 2.25 bits per heavy atom. The van der Waals surface area contributed by atoms with Crippen molar-refractivity contribution in [2.45, 2.75) is 0 Å². The van der Waals surface area contributed by atoms with Crippen molar-refractivity contribution < 1.29 is 15.1 Å². The zero-order valence-corrected chi connectivity index (χ0v) is 7.10. The molecule has 0 bridgehead atoms. The zero-order chi connectivity index (χ0) is 9.40. The van der Waals surface area contributed by atoms with Crippen molar-refractivity contribution in [1.82, 2.24) is 4.90 Å². The third kappa shape index (κ3) is 3.99. The number of oxime groups is 1. The van der Waals surface area contributed by atoms with Gasteiger partial charge in [-0.1, -0.05) is 5.16 Å². The number of aliphatic hydroxyl groups excluding tert-OH is 1. The SMILES string of the molecule is COCCN(CCO)C(N)=NO. The summed E-state index contributed by atoms with van der Waals surface area (Å²) >= 11 is 0. The molecule has 0 atom stereocenters. The molecule has 0 aromatic carbocycles. The van der Waals surface area contributed by atoms with E-state index in [2.05, 4.69) is 5.16 Å². The van der Waals surface area contributed by atoms with Gasteiger partial charge in [-0.05, 0) is 0 Å². The molecular formula is C6H15N3O3. The van der Waals surface area contributed by atoms with E-state index in [0.717, 1.165) is 0 Å². The van der Waals surface area contributed by atoms with Gasteiger partial charge in [-0.25, -0.2) is 0 Å². The minimum Gasteiger partial charge on any atom is -0.408 e. The molecule has 0 saturated carbocycles. The summed E-state index contributed by atoms with van der Waals surface area (Å²) in [6.07, 6.45) is 0. The van der Waals surface area contributed by atoms with Crippen LogP contribution in [0.4, 0.5) is 0 Å². The van der Waals surface area contributed by atoms with Gasteiger partial charge >= 0.3 is 0 Å². The molecule has 0 fully saturated rings. The van der Waals surface area contributed by atoms with E-state index in [1.807, 2.05) is 0 Å². The molecule has 6 heteroatoms. The first-order chi connectivity index (χ1) is 5.76. The number of hydrogen-bond acceptors (Lipinski definition) is 4. The van der Waals surface area contributed by atoms with Gasteiger partial charge in [-0.15, -0.1) is 0 Å². The number of aliphatic hydroxyl groups is 1. The molecule has 0 saturated heterocycles. The van der Waals surface area contributed by atoms with E-state index in [-0.39, 0.29) is 12.6 Å². The molecule has 0 aromatic heterocycles. The lowest BCUT2D eigenvalue weighted by atomic mass is 10.5. The summed E-state index contributed by atoms with van der Waals surface area (Å²) in [7, 11) is 1.56. The van der Waals surface area contributed by atoms with Gasteiger partial charge in [-0.2, -0.15) is 0 Å². The molecule has 0 heterocycles. The lowest BCUT2D eigenvalue weighted by molar-refractivity contribution is 0.161. The van der Waals surface area contributed by atoms with Crippen LogP contribution in [-0.4, -0.2) is 54.6 Å². The van der Waals surface area contributed by atoms with Crippen LogP contribution in [0.2, 0.25) is 0 Å². The summed E-state index contributed by atoms with van der Waals surface area (Å²) in [6, 6.07) is 0. The second-order valence-corrected chi connectivity index (χ2v) is 2.16. The monoisotopic (exact) mass is 177 g/mol. The largest absolute Gasteiger partial charge is 0.408 e. The molecule has 4 N–H and O–H groups in total. The fourth-order valence-electron chi connectivity index (χ4n) is 0.726. The van der Waals surface area contributed by atoms with Crippen LogP contribution < -0.4 is 5.73 Å². The third-order valence-electron chi connectivity index (χ3n) is 1.36. The Kier molecular flexibility index (Phi) is 6.12. The van der Waals surface area contributed by atoms with Crippen molar-refractivity contribution in [3.63, 3.8) is 0 Å². The Bertz CT molecular complexity index is 140. The summed E-state index contributed by atoms with van der Waals surface area (Å²) < 4.78 is 4.80. The molecule has 0 aromatic rings. The van der Waals surface area contributed by atoms with Crippen molar-refractivity contribution in [2.75, 3.05) is 33.4 Å². The highest BCUT2D eigenvalue weighted by Gasteiger charge is 2.06. The van der Waals surface area contributed by atoms with Crippen LogP contribution in [0, 0.1) is 0 Å². The molecular weight excluding hydrogens is 162 g/mol. The Morgan fingerprint density at radius 1 is 1.58 bits per heavy atom. The minimum absolute atomic E-state index is 0.0129.